The largest absolute Gasteiger partial charge is 0.364 e. The fraction of sp³-hybridized carbons (Fsp3) is 0.350. The molecule has 1 aromatic rings. The number of hydrogen-bond donors (Lipinski definition) is 1. The standard InChI is InChI=1S/C20H25ClO3/c1-5-15(19(22)17-10-12-18(21)13-11-17)8-7-9-16(6-2)20(23)24-14(3)4/h6-15,20,23H,2,5H2,1,3-4H3/b8-7+,16-9+. The maximum atomic E-state index is 12.5. The van der Waals surface area contributed by atoms with Crippen molar-refractivity contribution in [2.45, 2.75) is 39.6 Å². The van der Waals surface area contributed by atoms with Crippen LogP contribution in [0.25, 0.3) is 0 Å². The normalized spacial score (nSPS) is 14.8. The first kappa shape index (κ1) is 20.4. The molecule has 1 N–H and O–H groups in total. The van der Waals surface area contributed by atoms with Crippen LogP contribution in [0, 0.1) is 5.92 Å². The third kappa shape index (κ3) is 6.44. The Labute approximate surface area is 149 Å². The molecule has 1 rings (SSSR count). The van der Waals surface area contributed by atoms with Gasteiger partial charge in [0, 0.05) is 22.1 Å². The van der Waals surface area contributed by atoms with Crippen LogP contribution in [0.5, 0.6) is 0 Å². The van der Waals surface area contributed by atoms with Crippen LogP contribution in [0.15, 0.2) is 60.7 Å². The molecule has 0 bridgehead atoms. The van der Waals surface area contributed by atoms with Gasteiger partial charge in [-0.3, -0.25) is 4.79 Å². The summed E-state index contributed by atoms with van der Waals surface area (Å²) in [6.45, 7) is 9.32. The Hall–Kier alpha value is -1.68. The highest BCUT2D eigenvalue weighted by molar-refractivity contribution is 6.30. The highest BCUT2D eigenvalue weighted by atomic mass is 35.5. The molecule has 0 amide bonds. The van der Waals surface area contributed by atoms with E-state index in [2.05, 4.69) is 6.58 Å². The fourth-order valence-electron chi connectivity index (χ4n) is 2.13. The summed E-state index contributed by atoms with van der Waals surface area (Å²) in [4.78, 5) is 12.5. The summed E-state index contributed by atoms with van der Waals surface area (Å²) in [5.41, 5.74) is 1.18. The maximum Gasteiger partial charge on any atom is 0.181 e. The van der Waals surface area contributed by atoms with E-state index in [0.29, 0.717) is 22.6 Å². The van der Waals surface area contributed by atoms with Gasteiger partial charge in [0.1, 0.15) is 0 Å². The first-order valence-electron chi connectivity index (χ1n) is 8.03. The van der Waals surface area contributed by atoms with Gasteiger partial charge in [-0.1, -0.05) is 49.4 Å². The number of ether oxygens (including phenoxy) is 1. The van der Waals surface area contributed by atoms with Crippen LogP contribution in [0.2, 0.25) is 5.02 Å². The second-order valence-corrected chi connectivity index (χ2v) is 6.12. The van der Waals surface area contributed by atoms with Gasteiger partial charge in [0.15, 0.2) is 12.1 Å². The predicted molar refractivity (Wildman–Crippen MR) is 99.2 cm³/mol. The van der Waals surface area contributed by atoms with Crippen molar-refractivity contribution in [1.29, 1.82) is 0 Å². The Bertz CT molecular complexity index is 600. The number of carbonyl (C=O) groups is 1. The van der Waals surface area contributed by atoms with E-state index in [4.69, 9.17) is 16.3 Å². The van der Waals surface area contributed by atoms with Crippen molar-refractivity contribution in [1.82, 2.24) is 0 Å². The number of Topliss-reactive ketones (excluding diaryl/α,β-unsaturated/α-hetero) is 1. The second-order valence-electron chi connectivity index (χ2n) is 5.68. The second kappa shape index (κ2) is 10.2. The van der Waals surface area contributed by atoms with Crippen molar-refractivity contribution in [2.75, 3.05) is 0 Å². The minimum Gasteiger partial charge on any atom is -0.364 e. The Kier molecular flexibility index (Phi) is 8.69. The van der Waals surface area contributed by atoms with E-state index >= 15 is 0 Å². The smallest absolute Gasteiger partial charge is 0.181 e. The number of hydrogen-bond acceptors (Lipinski definition) is 3. The summed E-state index contributed by atoms with van der Waals surface area (Å²) >= 11 is 5.85. The van der Waals surface area contributed by atoms with Crippen molar-refractivity contribution in [2.24, 2.45) is 5.92 Å². The summed E-state index contributed by atoms with van der Waals surface area (Å²) in [5, 5.41) is 10.5. The Morgan fingerprint density at radius 2 is 1.96 bits per heavy atom. The van der Waals surface area contributed by atoms with Gasteiger partial charge < -0.3 is 9.84 Å². The summed E-state index contributed by atoms with van der Waals surface area (Å²) in [6, 6.07) is 6.87. The molecule has 0 aliphatic carbocycles. The summed E-state index contributed by atoms with van der Waals surface area (Å²) < 4.78 is 5.32. The van der Waals surface area contributed by atoms with Crippen LogP contribution in [-0.4, -0.2) is 23.3 Å². The highest BCUT2D eigenvalue weighted by Crippen LogP contribution is 2.17. The number of benzene rings is 1. The van der Waals surface area contributed by atoms with Crippen LogP contribution in [0.4, 0.5) is 0 Å². The zero-order valence-electron chi connectivity index (χ0n) is 14.4. The van der Waals surface area contributed by atoms with Gasteiger partial charge in [-0.25, -0.2) is 0 Å². The molecule has 2 atom stereocenters. The lowest BCUT2D eigenvalue weighted by Crippen LogP contribution is -2.18. The highest BCUT2D eigenvalue weighted by Gasteiger charge is 2.15. The minimum atomic E-state index is -1.03. The molecule has 0 aromatic heterocycles. The lowest BCUT2D eigenvalue weighted by Gasteiger charge is -2.15. The van der Waals surface area contributed by atoms with E-state index in [1.807, 2.05) is 26.8 Å². The van der Waals surface area contributed by atoms with Gasteiger partial charge in [-0.15, -0.1) is 0 Å². The molecule has 0 radical (unpaired) electrons. The third-order valence-corrected chi connectivity index (χ3v) is 3.71. The van der Waals surface area contributed by atoms with E-state index in [0.717, 1.165) is 0 Å². The van der Waals surface area contributed by atoms with Gasteiger partial charge in [0.2, 0.25) is 0 Å². The lowest BCUT2D eigenvalue weighted by atomic mass is 9.94. The first-order valence-corrected chi connectivity index (χ1v) is 8.41. The molecular formula is C20H25ClO3. The molecule has 0 heterocycles. The SMILES string of the molecule is C=C/C(=C\C=C\C(CC)C(=O)c1ccc(Cl)cc1)C(O)OC(C)C. The van der Waals surface area contributed by atoms with E-state index < -0.39 is 6.29 Å². The molecule has 0 aliphatic heterocycles. The number of aliphatic hydroxyl groups is 1. The molecule has 0 aliphatic rings. The summed E-state index contributed by atoms with van der Waals surface area (Å²) in [7, 11) is 0. The van der Waals surface area contributed by atoms with Crippen molar-refractivity contribution in [3.8, 4) is 0 Å². The number of rotatable bonds is 9. The number of ketones is 1. The van der Waals surface area contributed by atoms with Crippen LogP contribution < -0.4 is 0 Å². The molecule has 1 aromatic carbocycles. The van der Waals surface area contributed by atoms with Crippen LogP contribution >= 0.6 is 11.6 Å². The van der Waals surface area contributed by atoms with Crippen LogP contribution in [0.1, 0.15) is 37.6 Å². The summed E-state index contributed by atoms with van der Waals surface area (Å²) in [6.07, 6.45) is 6.38. The van der Waals surface area contributed by atoms with E-state index in [9.17, 15) is 9.90 Å². The van der Waals surface area contributed by atoms with Crippen molar-refractivity contribution in [3.63, 3.8) is 0 Å². The molecule has 4 heteroatoms. The van der Waals surface area contributed by atoms with Gasteiger partial charge in [-0.2, -0.15) is 0 Å². The third-order valence-electron chi connectivity index (χ3n) is 3.46. The first-order chi connectivity index (χ1) is 11.4. The van der Waals surface area contributed by atoms with E-state index in [1.54, 1.807) is 42.5 Å². The van der Waals surface area contributed by atoms with E-state index in [-0.39, 0.29) is 17.8 Å². The zero-order chi connectivity index (χ0) is 18.1. The minimum absolute atomic E-state index is 0.0398. The average Bonchev–Trinajstić information content (AvgIpc) is 2.54. The molecule has 0 saturated heterocycles. The number of carbonyl (C=O) groups excluding carboxylic acids is 1. The van der Waals surface area contributed by atoms with Gasteiger partial charge in [-0.05, 0) is 44.5 Å². The molecule has 0 fully saturated rings. The lowest BCUT2D eigenvalue weighted by molar-refractivity contribution is -0.0977. The average molecular weight is 349 g/mol. The number of allylic oxidation sites excluding steroid dienone is 3. The Morgan fingerprint density at radius 1 is 1.33 bits per heavy atom. The Morgan fingerprint density at radius 3 is 2.46 bits per heavy atom. The quantitative estimate of drug-likeness (QED) is 0.389. The van der Waals surface area contributed by atoms with Crippen molar-refractivity contribution < 1.29 is 14.6 Å². The number of aliphatic hydroxyl groups excluding tert-OH is 1. The van der Waals surface area contributed by atoms with E-state index in [1.165, 1.54) is 0 Å². The molecule has 0 saturated carbocycles. The maximum absolute atomic E-state index is 12.5. The molecule has 2 unspecified atom stereocenters. The predicted octanol–water partition coefficient (Wildman–Crippen LogP) is 4.96. The number of halogens is 1. The monoisotopic (exact) mass is 348 g/mol. The molecular weight excluding hydrogens is 324 g/mol. The van der Waals surface area contributed by atoms with Crippen LogP contribution in [0.3, 0.4) is 0 Å². The molecule has 130 valence electrons. The Balaban J connectivity index is 2.84. The van der Waals surface area contributed by atoms with Gasteiger partial charge >= 0.3 is 0 Å². The van der Waals surface area contributed by atoms with Crippen molar-refractivity contribution >= 4 is 17.4 Å². The molecule has 0 spiro atoms. The van der Waals surface area contributed by atoms with Crippen molar-refractivity contribution in [3.05, 3.63) is 71.3 Å². The van der Waals surface area contributed by atoms with Gasteiger partial charge in [0.25, 0.3) is 0 Å². The molecule has 3 nitrogen and oxygen atoms in total. The topological polar surface area (TPSA) is 46.5 Å². The summed E-state index contributed by atoms with van der Waals surface area (Å²) in [5.74, 6) is -0.199. The zero-order valence-corrected chi connectivity index (χ0v) is 15.2. The molecule has 24 heavy (non-hydrogen) atoms. The van der Waals surface area contributed by atoms with Crippen LogP contribution in [-0.2, 0) is 4.74 Å². The fourth-order valence-corrected chi connectivity index (χ4v) is 2.25. The van der Waals surface area contributed by atoms with Gasteiger partial charge in [0.05, 0.1) is 6.10 Å².